The molecule has 3 amide bonds. The van der Waals surface area contributed by atoms with E-state index in [1.165, 1.54) is 6.07 Å². The summed E-state index contributed by atoms with van der Waals surface area (Å²) in [6.07, 6.45) is -2.54. The minimum absolute atomic E-state index is 0.0241. The molecule has 1 N–H and O–H groups in total. The number of fused-ring (bicyclic) bond motifs is 1. The fourth-order valence-electron chi connectivity index (χ4n) is 3.97. The number of imide groups is 1. The summed E-state index contributed by atoms with van der Waals surface area (Å²) in [5, 5.41) is 2.41. The van der Waals surface area contributed by atoms with Gasteiger partial charge in [0.1, 0.15) is 5.54 Å². The van der Waals surface area contributed by atoms with E-state index >= 15 is 0 Å². The molecule has 1 aromatic carbocycles. The number of nitrogens with one attached hydrogen (secondary N) is 1. The molecule has 3 aliphatic rings. The first-order chi connectivity index (χ1) is 12.3. The van der Waals surface area contributed by atoms with Crippen LogP contribution in [-0.2, 0) is 11.3 Å². The highest BCUT2D eigenvalue weighted by molar-refractivity contribution is 6.07. The molecule has 0 aromatic heterocycles. The van der Waals surface area contributed by atoms with Crippen molar-refractivity contribution in [3.05, 3.63) is 23.8 Å². The number of nitrogens with zero attached hydrogens (tertiary/aromatic N) is 2. The van der Waals surface area contributed by atoms with Crippen LogP contribution in [0.15, 0.2) is 18.2 Å². The van der Waals surface area contributed by atoms with Gasteiger partial charge in [-0.25, -0.2) is 4.79 Å². The van der Waals surface area contributed by atoms with Crippen molar-refractivity contribution in [2.75, 3.05) is 19.6 Å². The molecule has 3 heterocycles. The molecule has 1 spiro atoms. The zero-order valence-corrected chi connectivity index (χ0v) is 14.3. The third kappa shape index (κ3) is 2.66. The van der Waals surface area contributed by atoms with E-state index in [1.54, 1.807) is 17.0 Å². The number of likely N-dealkylation sites (N-methyl/N-ethyl adjacent to an activating group) is 1. The molecule has 1 aromatic rings. The summed E-state index contributed by atoms with van der Waals surface area (Å²) in [7, 11) is 0. The summed E-state index contributed by atoms with van der Waals surface area (Å²) < 4.78 is 35.1. The Morgan fingerprint density at radius 2 is 1.85 bits per heavy atom. The molecule has 9 heteroatoms. The van der Waals surface area contributed by atoms with E-state index in [1.807, 2.05) is 6.92 Å². The van der Waals surface area contributed by atoms with Crippen molar-refractivity contribution >= 4 is 11.9 Å². The van der Waals surface area contributed by atoms with Crippen molar-refractivity contribution in [3.8, 4) is 11.5 Å². The maximum Gasteiger partial charge on any atom is 0.586 e. The lowest BCUT2D eigenvalue weighted by Crippen LogP contribution is -2.56. The molecule has 0 saturated carbocycles. The largest absolute Gasteiger partial charge is 0.586 e. The first-order valence-corrected chi connectivity index (χ1v) is 8.57. The Morgan fingerprint density at radius 3 is 2.54 bits per heavy atom. The average Bonchev–Trinajstić information content (AvgIpc) is 3.01. The Hall–Kier alpha value is -2.42. The first kappa shape index (κ1) is 17.0. The van der Waals surface area contributed by atoms with E-state index in [0.29, 0.717) is 39.0 Å². The molecule has 7 nitrogen and oxygen atoms in total. The second-order valence-electron chi connectivity index (χ2n) is 6.76. The predicted octanol–water partition coefficient (Wildman–Crippen LogP) is 1.91. The average molecular weight is 367 g/mol. The van der Waals surface area contributed by atoms with E-state index in [-0.39, 0.29) is 23.4 Å². The highest BCUT2D eigenvalue weighted by Crippen LogP contribution is 2.41. The molecular formula is C17H19F2N3O4. The number of amides is 3. The quantitative estimate of drug-likeness (QED) is 0.827. The van der Waals surface area contributed by atoms with Crippen LogP contribution in [-0.4, -0.2) is 53.2 Å². The standard InChI is InChI=1S/C17H19F2N3O4/c1-2-22-15(24)20-14(23)16(22)5-7-21(8-6-16)10-11-3-4-12-13(9-11)26-17(18,19)25-12/h3-4,9H,2,5-8,10H2,1H3,(H,20,23,24). The monoisotopic (exact) mass is 367 g/mol. The van der Waals surface area contributed by atoms with Crippen LogP contribution < -0.4 is 14.8 Å². The Labute approximate surface area is 148 Å². The maximum absolute atomic E-state index is 13.1. The summed E-state index contributed by atoms with van der Waals surface area (Å²) in [4.78, 5) is 27.9. The van der Waals surface area contributed by atoms with Crippen molar-refractivity contribution in [2.45, 2.75) is 38.1 Å². The molecule has 2 fully saturated rings. The zero-order valence-electron chi connectivity index (χ0n) is 14.3. The van der Waals surface area contributed by atoms with Crippen molar-refractivity contribution < 1.29 is 27.8 Å². The van der Waals surface area contributed by atoms with Gasteiger partial charge < -0.3 is 14.4 Å². The van der Waals surface area contributed by atoms with Gasteiger partial charge in [0.2, 0.25) is 0 Å². The summed E-state index contributed by atoms with van der Waals surface area (Å²) in [5.74, 6) is -0.177. The van der Waals surface area contributed by atoms with Crippen LogP contribution in [0.4, 0.5) is 13.6 Å². The summed E-state index contributed by atoms with van der Waals surface area (Å²) in [5.41, 5.74) is 0.0551. The number of carbonyl (C=O) groups excluding carboxylic acids is 2. The van der Waals surface area contributed by atoms with Crippen molar-refractivity contribution in [3.63, 3.8) is 0 Å². The lowest BCUT2D eigenvalue weighted by atomic mass is 9.86. The number of alkyl halides is 2. The minimum Gasteiger partial charge on any atom is -0.395 e. The normalized spacial score (nSPS) is 23.6. The van der Waals surface area contributed by atoms with E-state index in [2.05, 4.69) is 19.7 Å². The molecule has 4 rings (SSSR count). The molecule has 3 aliphatic heterocycles. The number of likely N-dealkylation sites (tertiary alicyclic amines) is 1. The number of halogens is 2. The molecule has 0 aliphatic carbocycles. The summed E-state index contributed by atoms with van der Waals surface area (Å²) in [6, 6.07) is 4.41. The highest BCUT2D eigenvalue weighted by atomic mass is 19.3. The second kappa shape index (κ2) is 5.80. The van der Waals surface area contributed by atoms with Crippen molar-refractivity contribution in [1.82, 2.24) is 15.1 Å². The van der Waals surface area contributed by atoms with Crippen LogP contribution in [0.5, 0.6) is 11.5 Å². The number of ether oxygens (including phenoxy) is 2. The Bertz CT molecular complexity index is 762. The number of hydrogen-bond donors (Lipinski definition) is 1. The van der Waals surface area contributed by atoms with Crippen LogP contribution in [0.1, 0.15) is 25.3 Å². The third-order valence-corrected chi connectivity index (χ3v) is 5.28. The molecule has 0 atom stereocenters. The molecule has 0 unspecified atom stereocenters. The number of carbonyl (C=O) groups is 2. The van der Waals surface area contributed by atoms with Gasteiger partial charge in [-0.1, -0.05) is 6.07 Å². The van der Waals surface area contributed by atoms with Gasteiger partial charge in [-0.3, -0.25) is 15.0 Å². The van der Waals surface area contributed by atoms with Crippen LogP contribution in [0.2, 0.25) is 0 Å². The minimum atomic E-state index is -3.62. The van der Waals surface area contributed by atoms with Crippen molar-refractivity contribution in [2.24, 2.45) is 0 Å². The number of piperidine rings is 1. The molecule has 140 valence electrons. The highest BCUT2D eigenvalue weighted by Gasteiger charge is 2.53. The molecular weight excluding hydrogens is 348 g/mol. The lowest BCUT2D eigenvalue weighted by molar-refractivity contribution is -0.286. The van der Waals surface area contributed by atoms with Crippen LogP contribution >= 0.6 is 0 Å². The Balaban J connectivity index is 1.42. The molecule has 26 heavy (non-hydrogen) atoms. The predicted molar refractivity (Wildman–Crippen MR) is 85.8 cm³/mol. The topological polar surface area (TPSA) is 71.1 Å². The van der Waals surface area contributed by atoms with Gasteiger partial charge in [0.05, 0.1) is 0 Å². The zero-order chi connectivity index (χ0) is 18.5. The number of hydrogen-bond acceptors (Lipinski definition) is 5. The Kier molecular flexibility index (Phi) is 3.80. The van der Waals surface area contributed by atoms with Gasteiger partial charge in [-0.05, 0) is 37.5 Å². The SMILES string of the molecule is CCN1C(=O)NC(=O)C12CCN(Cc1ccc3c(c1)OC(F)(F)O3)CC2. The van der Waals surface area contributed by atoms with E-state index in [0.717, 1.165) is 5.56 Å². The van der Waals surface area contributed by atoms with E-state index in [4.69, 9.17) is 0 Å². The van der Waals surface area contributed by atoms with Crippen molar-refractivity contribution in [1.29, 1.82) is 0 Å². The van der Waals surface area contributed by atoms with Crippen LogP contribution in [0.3, 0.4) is 0 Å². The van der Waals surface area contributed by atoms with Crippen LogP contribution in [0.25, 0.3) is 0 Å². The van der Waals surface area contributed by atoms with Gasteiger partial charge >= 0.3 is 12.3 Å². The number of rotatable bonds is 3. The number of urea groups is 1. The van der Waals surface area contributed by atoms with Gasteiger partial charge in [0.25, 0.3) is 5.91 Å². The third-order valence-electron chi connectivity index (χ3n) is 5.28. The summed E-state index contributed by atoms with van der Waals surface area (Å²) in [6.45, 7) is 4.13. The van der Waals surface area contributed by atoms with Gasteiger partial charge in [0, 0.05) is 26.2 Å². The first-order valence-electron chi connectivity index (χ1n) is 8.57. The fraction of sp³-hybridized carbons (Fsp3) is 0.529. The van der Waals surface area contributed by atoms with E-state index < -0.39 is 11.8 Å². The number of benzene rings is 1. The fourth-order valence-corrected chi connectivity index (χ4v) is 3.97. The van der Waals surface area contributed by atoms with E-state index in [9.17, 15) is 18.4 Å². The molecule has 0 radical (unpaired) electrons. The maximum atomic E-state index is 13.1. The molecule has 2 saturated heterocycles. The molecule has 0 bridgehead atoms. The van der Waals surface area contributed by atoms with Gasteiger partial charge in [-0.2, -0.15) is 0 Å². The second-order valence-corrected chi connectivity index (χ2v) is 6.76. The van der Waals surface area contributed by atoms with Gasteiger partial charge in [0.15, 0.2) is 11.5 Å². The summed E-state index contributed by atoms with van der Waals surface area (Å²) >= 11 is 0. The van der Waals surface area contributed by atoms with Gasteiger partial charge in [-0.15, -0.1) is 8.78 Å². The lowest BCUT2D eigenvalue weighted by Gasteiger charge is -2.41. The Morgan fingerprint density at radius 1 is 1.15 bits per heavy atom. The smallest absolute Gasteiger partial charge is 0.395 e. The van der Waals surface area contributed by atoms with Crippen LogP contribution in [0, 0.1) is 0 Å².